The number of para-hydroxylation sites is 1. The lowest BCUT2D eigenvalue weighted by molar-refractivity contribution is 0.302. The Labute approximate surface area is 157 Å². The second kappa shape index (κ2) is 7.78. The summed E-state index contributed by atoms with van der Waals surface area (Å²) in [6.07, 6.45) is 6.02. The molecule has 0 amide bonds. The van der Waals surface area contributed by atoms with Gasteiger partial charge >= 0.3 is 0 Å². The first-order chi connectivity index (χ1) is 12.9. The molecule has 0 aliphatic carbocycles. The van der Waals surface area contributed by atoms with E-state index in [9.17, 15) is 0 Å². The number of rotatable bonds is 5. The van der Waals surface area contributed by atoms with E-state index in [1.54, 1.807) is 0 Å². The van der Waals surface area contributed by atoms with Crippen LogP contribution in [0.1, 0.15) is 30.4 Å². The van der Waals surface area contributed by atoms with Gasteiger partial charge < -0.3 is 4.90 Å². The number of benzene rings is 3. The van der Waals surface area contributed by atoms with Crippen LogP contribution in [-0.4, -0.2) is 12.1 Å². The first-order valence-corrected chi connectivity index (χ1v) is 9.76. The van der Waals surface area contributed by atoms with Crippen LogP contribution in [0.2, 0.25) is 0 Å². The molecule has 0 radical (unpaired) electrons. The van der Waals surface area contributed by atoms with Gasteiger partial charge in [-0.1, -0.05) is 78.9 Å². The minimum Gasteiger partial charge on any atom is -0.365 e. The zero-order valence-corrected chi connectivity index (χ0v) is 15.4. The molecule has 4 rings (SSSR count). The second-order valence-corrected chi connectivity index (χ2v) is 7.49. The van der Waals surface area contributed by atoms with Gasteiger partial charge in [0.25, 0.3) is 0 Å². The zero-order valence-electron chi connectivity index (χ0n) is 15.4. The maximum Gasteiger partial charge on any atom is 0.0482 e. The van der Waals surface area contributed by atoms with Crippen LogP contribution in [0, 0.1) is 0 Å². The van der Waals surface area contributed by atoms with Crippen molar-refractivity contribution in [3.8, 4) is 0 Å². The number of hydrogen-bond donors (Lipinski definition) is 0. The summed E-state index contributed by atoms with van der Waals surface area (Å²) in [5.74, 6) is 0. The Bertz CT molecular complexity index is 754. The summed E-state index contributed by atoms with van der Waals surface area (Å²) in [6.45, 7) is 1.14. The maximum atomic E-state index is 2.69. The molecule has 3 aromatic rings. The predicted octanol–water partition coefficient (Wildman–Crippen LogP) is 5.90. The fourth-order valence-corrected chi connectivity index (χ4v) is 4.49. The highest BCUT2D eigenvalue weighted by atomic mass is 15.2. The zero-order chi connectivity index (χ0) is 17.7. The quantitative estimate of drug-likeness (QED) is 0.558. The monoisotopic (exact) mass is 341 g/mol. The van der Waals surface area contributed by atoms with Gasteiger partial charge in [0.05, 0.1) is 0 Å². The van der Waals surface area contributed by atoms with Crippen LogP contribution in [0.25, 0.3) is 0 Å². The van der Waals surface area contributed by atoms with Crippen molar-refractivity contribution in [2.45, 2.75) is 37.6 Å². The van der Waals surface area contributed by atoms with E-state index in [0.29, 0.717) is 0 Å². The van der Waals surface area contributed by atoms with Crippen molar-refractivity contribution in [3.05, 3.63) is 102 Å². The average Bonchev–Trinajstić information content (AvgIpc) is 2.70. The van der Waals surface area contributed by atoms with E-state index in [2.05, 4.69) is 95.9 Å². The molecular formula is C25H27N. The Morgan fingerprint density at radius 3 is 1.65 bits per heavy atom. The van der Waals surface area contributed by atoms with Gasteiger partial charge in [0, 0.05) is 17.8 Å². The van der Waals surface area contributed by atoms with Gasteiger partial charge in [-0.25, -0.2) is 0 Å². The molecule has 132 valence electrons. The fourth-order valence-electron chi connectivity index (χ4n) is 4.49. The van der Waals surface area contributed by atoms with E-state index >= 15 is 0 Å². The van der Waals surface area contributed by atoms with Crippen LogP contribution < -0.4 is 4.90 Å². The van der Waals surface area contributed by atoms with Crippen LogP contribution in [0.15, 0.2) is 91.0 Å². The molecule has 0 atom stereocenters. The molecule has 0 spiro atoms. The van der Waals surface area contributed by atoms with Gasteiger partial charge in [-0.2, -0.15) is 0 Å². The summed E-state index contributed by atoms with van der Waals surface area (Å²) in [5, 5.41) is 0. The van der Waals surface area contributed by atoms with E-state index in [0.717, 1.165) is 19.4 Å². The van der Waals surface area contributed by atoms with Gasteiger partial charge in [-0.3, -0.25) is 0 Å². The number of piperidine rings is 1. The number of hydrogen-bond acceptors (Lipinski definition) is 1. The molecule has 1 aliphatic rings. The van der Waals surface area contributed by atoms with Crippen molar-refractivity contribution in [1.29, 1.82) is 0 Å². The Balaban J connectivity index is 1.74. The average molecular weight is 341 g/mol. The smallest absolute Gasteiger partial charge is 0.0482 e. The molecule has 0 saturated carbocycles. The van der Waals surface area contributed by atoms with Gasteiger partial charge in [-0.05, 0) is 55.4 Å². The van der Waals surface area contributed by atoms with Crippen molar-refractivity contribution in [1.82, 2.24) is 0 Å². The highest BCUT2D eigenvalue weighted by Gasteiger charge is 2.39. The van der Waals surface area contributed by atoms with Crippen LogP contribution >= 0.6 is 0 Å². The first-order valence-electron chi connectivity index (χ1n) is 9.76. The summed E-state index contributed by atoms with van der Waals surface area (Å²) in [7, 11) is 0. The minimum atomic E-state index is 0.141. The lowest BCUT2D eigenvalue weighted by Gasteiger charge is -2.49. The lowest BCUT2D eigenvalue weighted by Crippen LogP contribution is -2.55. The van der Waals surface area contributed by atoms with Gasteiger partial charge in [0.1, 0.15) is 0 Å². The molecular weight excluding hydrogens is 314 g/mol. The molecule has 1 saturated heterocycles. The van der Waals surface area contributed by atoms with Crippen LogP contribution in [0.4, 0.5) is 5.69 Å². The Hall–Kier alpha value is -2.54. The van der Waals surface area contributed by atoms with Crippen LogP contribution in [0.3, 0.4) is 0 Å². The van der Waals surface area contributed by atoms with Crippen LogP contribution in [-0.2, 0) is 12.8 Å². The third-order valence-corrected chi connectivity index (χ3v) is 5.67. The summed E-state index contributed by atoms with van der Waals surface area (Å²) < 4.78 is 0. The molecule has 0 aromatic heterocycles. The fraction of sp³-hybridized carbons (Fsp3) is 0.280. The molecule has 0 unspecified atom stereocenters. The Morgan fingerprint density at radius 1 is 0.615 bits per heavy atom. The van der Waals surface area contributed by atoms with Crippen molar-refractivity contribution in [2.24, 2.45) is 0 Å². The molecule has 0 bridgehead atoms. The molecule has 1 heterocycles. The first kappa shape index (κ1) is 16.9. The molecule has 1 nitrogen and oxygen atoms in total. The van der Waals surface area contributed by atoms with Crippen molar-refractivity contribution in [3.63, 3.8) is 0 Å². The lowest BCUT2D eigenvalue weighted by atomic mass is 9.76. The van der Waals surface area contributed by atoms with Crippen molar-refractivity contribution >= 4 is 5.69 Å². The molecule has 26 heavy (non-hydrogen) atoms. The number of anilines is 1. The topological polar surface area (TPSA) is 3.24 Å². The van der Waals surface area contributed by atoms with Crippen molar-refractivity contribution in [2.75, 3.05) is 11.4 Å². The van der Waals surface area contributed by atoms with E-state index in [1.807, 2.05) is 0 Å². The molecule has 0 N–H and O–H groups in total. The third-order valence-electron chi connectivity index (χ3n) is 5.67. The SMILES string of the molecule is c1ccc(CC2(Cc3ccccc3)CCCCN2c2ccccc2)cc1. The van der Waals surface area contributed by atoms with E-state index in [4.69, 9.17) is 0 Å². The molecule has 3 aromatic carbocycles. The van der Waals surface area contributed by atoms with E-state index < -0.39 is 0 Å². The number of nitrogens with zero attached hydrogens (tertiary/aromatic N) is 1. The van der Waals surface area contributed by atoms with E-state index in [1.165, 1.54) is 36.1 Å². The predicted molar refractivity (Wildman–Crippen MR) is 111 cm³/mol. The summed E-state index contributed by atoms with van der Waals surface area (Å²) in [5.41, 5.74) is 4.37. The molecule has 1 aliphatic heterocycles. The standard InChI is InChI=1S/C25H27N/c1-4-12-22(13-5-1)20-25(21-23-14-6-2-7-15-23)18-10-11-19-26(25)24-16-8-3-9-17-24/h1-9,12-17H,10-11,18-21H2. The highest BCUT2D eigenvalue weighted by Crippen LogP contribution is 2.38. The Kier molecular flexibility index (Phi) is 5.06. The third kappa shape index (κ3) is 3.67. The Morgan fingerprint density at radius 2 is 1.12 bits per heavy atom. The maximum absolute atomic E-state index is 2.69. The van der Waals surface area contributed by atoms with Gasteiger partial charge in [0.2, 0.25) is 0 Å². The van der Waals surface area contributed by atoms with Gasteiger partial charge in [-0.15, -0.1) is 0 Å². The minimum absolute atomic E-state index is 0.141. The highest BCUT2D eigenvalue weighted by molar-refractivity contribution is 5.51. The van der Waals surface area contributed by atoms with Crippen molar-refractivity contribution < 1.29 is 0 Å². The van der Waals surface area contributed by atoms with Crippen LogP contribution in [0.5, 0.6) is 0 Å². The summed E-state index contributed by atoms with van der Waals surface area (Å²) >= 11 is 0. The second-order valence-electron chi connectivity index (χ2n) is 7.49. The summed E-state index contributed by atoms with van der Waals surface area (Å²) in [6, 6.07) is 33.0. The molecule has 1 heteroatoms. The summed E-state index contributed by atoms with van der Waals surface area (Å²) in [4.78, 5) is 2.69. The van der Waals surface area contributed by atoms with E-state index in [-0.39, 0.29) is 5.54 Å². The van der Waals surface area contributed by atoms with Gasteiger partial charge in [0.15, 0.2) is 0 Å². The molecule has 1 fully saturated rings. The largest absolute Gasteiger partial charge is 0.365 e. The normalized spacial score (nSPS) is 16.4.